The predicted molar refractivity (Wildman–Crippen MR) is 104 cm³/mol. The third-order valence-electron chi connectivity index (χ3n) is 6.00. The second kappa shape index (κ2) is 7.87. The molecule has 5 nitrogen and oxygen atoms in total. The van der Waals surface area contributed by atoms with Crippen LogP contribution in [0.5, 0.6) is 0 Å². The molecule has 0 spiro atoms. The average Bonchev–Trinajstić information content (AvgIpc) is 3.09. The van der Waals surface area contributed by atoms with Gasteiger partial charge in [-0.15, -0.1) is 0 Å². The summed E-state index contributed by atoms with van der Waals surface area (Å²) in [6.07, 6.45) is 2.95. The molecule has 1 aromatic heterocycles. The van der Waals surface area contributed by atoms with E-state index in [4.69, 9.17) is 9.15 Å². The zero-order valence-corrected chi connectivity index (χ0v) is 15.9. The van der Waals surface area contributed by atoms with Gasteiger partial charge in [0.25, 0.3) is 0 Å². The van der Waals surface area contributed by atoms with Crippen molar-refractivity contribution in [3.05, 3.63) is 59.5 Å². The fourth-order valence-corrected chi connectivity index (χ4v) is 4.22. The van der Waals surface area contributed by atoms with Gasteiger partial charge < -0.3 is 14.5 Å². The molecule has 1 aromatic carbocycles. The van der Waals surface area contributed by atoms with Gasteiger partial charge in [0.05, 0.1) is 24.7 Å². The van der Waals surface area contributed by atoms with E-state index < -0.39 is 0 Å². The van der Waals surface area contributed by atoms with Crippen molar-refractivity contribution in [2.45, 2.75) is 37.6 Å². The summed E-state index contributed by atoms with van der Waals surface area (Å²) in [6, 6.07) is 14.2. The van der Waals surface area contributed by atoms with Crippen molar-refractivity contribution in [1.29, 1.82) is 0 Å². The van der Waals surface area contributed by atoms with E-state index in [1.165, 1.54) is 0 Å². The molecule has 1 N–H and O–H groups in total. The van der Waals surface area contributed by atoms with Gasteiger partial charge in [0.15, 0.2) is 0 Å². The Morgan fingerprint density at radius 1 is 1.15 bits per heavy atom. The van der Waals surface area contributed by atoms with E-state index in [1.807, 2.05) is 37.3 Å². The van der Waals surface area contributed by atoms with Gasteiger partial charge in [-0.2, -0.15) is 0 Å². The highest BCUT2D eigenvalue weighted by molar-refractivity contribution is 5.89. The van der Waals surface area contributed by atoms with E-state index in [2.05, 4.69) is 22.3 Å². The second-order valence-corrected chi connectivity index (χ2v) is 7.62. The summed E-state index contributed by atoms with van der Waals surface area (Å²) in [5.41, 5.74) is 0.765. The lowest BCUT2D eigenvalue weighted by Gasteiger charge is -2.41. The molecule has 2 aromatic rings. The molecule has 0 radical (unpaired) electrons. The quantitative estimate of drug-likeness (QED) is 0.851. The van der Waals surface area contributed by atoms with Crippen molar-refractivity contribution in [2.75, 3.05) is 32.8 Å². The molecule has 4 rings (SSSR count). The monoisotopic (exact) mass is 368 g/mol. The van der Waals surface area contributed by atoms with Crippen LogP contribution < -0.4 is 5.32 Å². The number of aryl methyl sites for hydroxylation is 1. The molecule has 2 fully saturated rings. The van der Waals surface area contributed by atoms with Crippen LogP contribution in [-0.2, 0) is 14.9 Å². The van der Waals surface area contributed by atoms with E-state index in [9.17, 15) is 4.79 Å². The first-order valence-corrected chi connectivity index (χ1v) is 9.91. The Labute approximate surface area is 160 Å². The topological polar surface area (TPSA) is 54.7 Å². The number of hydrogen-bond acceptors (Lipinski definition) is 4. The molecular formula is C22H28N2O3. The average molecular weight is 368 g/mol. The second-order valence-electron chi connectivity index (χ2n) is 7.62. The summed E-state index contributed by atoms with van der Waals surface area (Å²) < 4.78 is 11.4. The number of rotatable bonds is 6. The van der Waals surface area contributed by atoms with Crippen LogP contribution in [0.2, 0.25) is 0 Å². The zero-order chi connectivity index (χ0) is 18.7. The SMILES string of the molecule is Cc1ccc(C(CNC(=O)C2(c3ccccc3)CCC2)N2CCOCC2)o1. The number of morpholine rings is 1. The molecular weight excluding hydrogens is 340 g/mol. The number of ether oxygens (including phenoxy) is 1. The summed E-state index contributed by atoms with van der Waals surface area (Å²) >= 11 is 0. The largest absolute Gasteiger partial charge is 0.465 e. The van der Waals surface area contributed by atoms with Gasteiger partial charge in [-0.25, -0.2) is 0 Å². The minimum absolute atomic E-state index is 0.0412. The highest BCUT2D eigenvalue weighted by Gasteiger charge is 2.45. The van der Waals surface area contributed by atoms with Crippen LogP contribution in [0.25, 0.3) is 0 Å². The molecule has 1 unspecified atom stereocenters. The summed E-state index contributed by atoms with van der Waals surface area (Å²) in [4.78, 5) is 15.5. The van der Waals surface area contributed by atoms with Crippen LogP contribution in [0.1, 0.15) is 42.4 Å². The number of furan rings is 1. The standard InChI is InChI=1S/C22H28N2O3/c1-17-8-9-20(27-17)19(24-12-14-26-15-13-24)16-23-21(25)22(10-5-11-22)18-6-3-2-4-7-18/h2-4,6-9,19H,5,10-16H2,1H3,(H,23,25). The molecule has 1 atom stereocenters. The van der Waals surface area contributed by atoms with Crippen molar-refractivity contribution in [3.8, 4) is 0 Å². The van der Waals surface area contributed by atoms with Crippen LogP contribution in [0.4, 0.5) is 0 Å². The van der Waals surface area contributed by atoms with Crippen LogP contribution in [0.3, 0.4) is 0 Å². The molecule has 0 bridgehead atoms. The number of carbonyl (C=O) groups is 1. The van der Waals surface area contributed by atoms with Gasteiger partial charge >= 0.3 is 0 Å². The molecule has 2 aliphatic rings. The Balaban J connectivity index is 1.49. The molecule has 5 heteroatoms. The first-order chi connectivity index (χ1) is 13.2. The van der Waals surface area contributed by atoms with Gasteiger partial charge in [0, 0.05) is 19.6 Å². The van der Waals surface area contributed by atoms with Gasteiger partial charge in [-0.1, -0.05) is 36.8 Å². The Morgan fingerprint density at radius 2 is 1.89 bits per heavy atom. The summed E-state index contributed by atoms with van der Waals surface area (Å²) in [5, 5.41) is 3.25. The maximum atomic E-state index is 13.2. The third kappa shape index (κ3) is 3.66. The Kier molecular flexibility index (Phi) is 5.32. The maximum Gasteiger partial charge on any atom is 0.230 e. The Bertz CT molecular complexity index is 761. The van der Waals surface area contributed by atoms with Gasteiger partial charge in [-0.05, 0) is 37.5 Å². The number of nitrogens with zero attached hydrogens (tertiary/aromatic N) is 1. The lowest BCUT2D eigenvalue weighted by molar-refractivity contribution is -0.130. The van der Waals surface area contributed by atoms with Crippen molar-refractivity contribution >= 4 is 5.91 Å². The van der Waals surface area contributed by atoms with Crippen molar-refractivity contribution in [1.82, 2.24) is 10.2 Å². The highest BCUT2D eigenvalue weighted by Crippen LogP contribution is 2.44. The molecule has 1 saturated heterocycles. The smallest absolute Gasteiger partial charge is 0.230 e. The van der Waals surface area contributed by atoms with E-state index in [0.717, 1.165) is 62.6 Å². The first-order valence-electron chi connectivity index (χ1n) is 9.91. The fourth-order valence-electron chi connectivity index (χ4n) is 4.22. The molecule has 2 heterocycles. The van der Waals surface area contributed by atoms with E-state index in [1.54, 1.807) is 0 Å². The lowest BCUT2D eigenvalue weighted by atomic mass is 9.64. The molecule has 1 saturated carbocycles. The van der Waals surface area contributed by atoms with Crippen molar-refractivity contribution in [3.63, 3.8) is 0 Å². The van der Waals surface area contributed by atoms with Crippen molar-refractivity contribution in [2.24, 2.45) is 0 Å². The number of hydrogen-bond donors (Lipinski definition) is 1. The number of amides is 1. The maximum absolute atomic E-state index is 13.2. The van der Waals surface area contributed by atoms with E-state index >= 15 is 0 Å². The number of nitrogens with one attached hydrogen (secondary N) is 1. The molecule has 27 heavy (non-hydrogen) atoms. The number of benzene rings is 1. The summed E-state index contributed by atoms with van der Waals surface area (Å²) in [6.45, 7) is 5.65. The van der Waals surface area contributed by atoms with Gasteiger partial charge in [0.2, 0.25) is 5.91 Å². The van der Waals surface area contributed by atoms with Crippen LogP contribution >= 0.6 is 0 Å². The number of carbonyl (C=O) groups excluding carboxylic acids is 1. The van der Waals surface area contributed by atoms with Crippen LogP contribution in [-0.4, -0.2) is 43.7 Å². The molecule has 1 aliphatic heterocycles. The summed E-state index contributed by atoms with van der Waals surface area (Å²) in [7, 11) is 0. The normalized spacial score (nSPS) is 20.6. The summed E-state index contributed by atoms with van der Waals surface area (Å²) in [5.74, 6) is 1.95. The van der Waals surface area contributed by atoms with E-state index in [0.29, 0.717) is 6.54 Å². The molecule has 1 amide bonds. The fraction of sp³-hybridized carbons (Fsp3) is 0.500. The van der Waals surface area contributed by atoms with E-state index in [-0.39, 0.29) is 17.4 Å². The Hall–Kier alpha value is -2.11. The van der Waals surface area contributed by atoms with Crippen LogP contribution in [0, 0.1) is 6.92 Å². The van der Waals surface area contributed by atoms with Crippen molar-refractivity contribution < 1.29 is 13.9 Å². The zero-order valence-electron chi connectivity index (χ0n) is 15.9. The molecule has 1 aliphatic carbocycles. The minimum atomic E-state index is -0.365. The van der Waals surface area contributed by atoms with Gasteiger partial charge in [-0.3, -0.25) is 9.69 Å². The Morgan fingerprint density at radius 3 is 2.48 bits per heavy atom. The van der Waals surface area contributed by atoms with Crippen LogP contribution in [0.15, 0.2) is 46.9 Å². The third-order valence-corrected chi connectivity index (χ3v) is 6.00. The lowest BCUT2D eigenvalue weighted by Crippen LogP contribution is -2.51. The molecule has 144 valence electrons. The highest BCUT2D eigenvalue weighted by atomic mass is 16.5. The first kappa shape index (κ1) is 18.3. The van der Waals surface area contributed by atoms with Gasteiger partial charge in [0.1, 0.15) is 11.5 Å². The minimum Gasteiger partial charge on any atom is -0.465 e. The predicted octanol–water partition coefficient (Wildman–Crippen LogP) is 3.20.